The molecule has 8 heteroatoms. The summed E-state index contributed by atoms with van der Waals surface area (Å²) in [4.78, 5) is 4.92. The fourth-order valence-corrected chi connectivity index (χ4v) is 4.12. The molecule has 0 radical (unpaired) electrons. The molecule has 2 rings (SSSR count). The van der Waals surface area contributed by atoms with E-state index in [0.29, 0.717) is 17.8 Å². The van der Waals surface area contributed by atoms with Crippen molar-refractivity contribution in [2.75, 3.05) is 6.54 Å². The van der Waals surface area contributed by atoms with E-state index in [-0.39, 0.29) is 11.5 Å². The topological polar surface area (TPSA) is 79.3 Å². The van der Waals surface area contributed by atoms with Crippen molar-refractivity contribution < 1.29 is 13.5 Å². The first-order chi connectivity index (χ1) is 8.62. The van der Waals surface area contributed by atoms with Gasteiger partial charge in [0, 0.05) is 34.8 Å². The van der Waals surface area contributed by atoms with E-state index in [2.05, 4.69) is 9.71 Å². The van der Waals surface area contributed by atoms with E-state index in [4.69, 9.17) is 5.11 Å². The van der Waals surface area contributed by atoms with Gasteiger partial charge in [0.05, 0.1) is 16.5 Å². The quantitative estimate of drug-likeness (QED) is 0.841. The first-order valence-corrected chi connectivity index (χ1v) is 8.42. The number of nitrogens with zero attached hydrogens (tertiary/aromatic N) is 1. The van der Waals surface area contributed by atoms with Gasteiger partial charge in [-0.25, -0.2) is 18.1 Å². The van der Waals surface area contributed by atoms with Crippen LogP contribution in [-0.2, 0) is 23.1 Å². The van der Waals surface area contributed by atoms with Gasteiger partial charge in [-0.3, -0.25) is 0 Å². The lowest BCUT2D eigenvalue weighted by atomic mass is 10.5. The SMILES string of the molecule is O=S(=O)(NCCc1nccs1)c1csc(CO)c1. The molecule has 2 heterocycles. The van der Waals surface area contributed by atoms with Crippen molar-refractivity contribution in [3.8, 4) is 0 Å². The number of rotatable bonds is 6. The summed E-state index contributed by atoms with van der Waals surface area (Å²) in [6.45, 7) is 0.180. The van der Waals surface area contributed by atoms with Gasteiger partial charge in [-0.1, -0.05) is 0 Å². The highest BCUT2D eigenvalue weighted by molar-refractivity contribution is 7.89. The van der Waals surface area contributed by atoms with Crippen molar-refractivity contribution in [1.29, 1.82) is 0 Å². The van der Waals surface area contributed by atoms with Crippen molar-refractivity contribution in [1.82, 2.24) is 9.71 Å². The monoisotopic (exact) mass is 304 g/mol. The molecule has 0 aliphatic rings. The van der Waals surface area contributed by atoms with Crippen LogP contribution >= 0.6 is 22.7 Å². The van der Waals surface area contributed by atoms with E-state index in [1.807, 2.05) is 5.38 Å². The Morgan fingerprint density at radius 1 is 1.39 bits per heavy atom. The van der Waals surface area contributed by atoms with Crippen LogP contribution in [0, 0.1) is 0 Å². The Morgan fingerprint density at radius 3 is 2.83 bits per heavy atom. The summed E-state index contributed by atoms with van der Waals surface area (Å²) in [6, 6.07) is 1.48. The van der Waals surface area contributed by atoms with E-state index in [0.717, 1.165) is 5.01 Å². The average Bonchev–Trinajstić information content (AvgIpc) is 2.99. The standard InChI is InChI=1S/C10H12N2O3S3/c13-6-8-5-9(7-17-8)18(14,15)12-2-1-10-11-3-4-16-10/h3-5,7,12-13H,1-2,6H2. The lowest BCUT2D eigenvalue weighted by molar-refractivity contribution is 0.285. The van der Waals surface area contributed by atoms with Crippen LogP contribution in [0.3, 0.4) is 0 Å². The third-order valence-corrected chi connectivity index (χ3v) is 5.56. The molecule has 2 N–H and O–H groups in total. The van der Waals surface area contributed by atoms with Gasteiger partial charge in [0.1, 0.15) is 0 Å². The molecule has 98 valence electrons. The minimum atomic E-state index is -3.48. The van der Waals surface area contributed by atoms with Crippen LogP contribution in [-0.4, -0.2) is 25.1 Å². The molecule has 18 heavy (non-hydrogen) atoms. The van der Waals surface area contributed by atoms with E-state index in [1.54, 1.807) is 6.20 Å². The van der Waals surface area contributed by atoms with Gasteiger partial charge in [0.25, 0.3) is 0 Å². The second kappa shape index (κ2) is 5.89. The summed E-state index contributed by atoms with van der Waals surface area (Å²) < 4.78 is 26.3. The zero-order chi connectivity index (χ0) is 13.0. The van der Waals surface area contributed by atoms with Crippen molar-refractivity contribution in [3.63, 3.8) is 0 Å². The number of hydrogen-bond donors (Lipinski definition) is 2. The molecule has 0 saturated heterocycles. The Balaban J connectivity index is 1.95. The number of aliphatic hydroxyl groups is 1. The van der Waals surface area contributed by atoms with Crippen molar-refractivity contribution in [2.24, 2.45) is 0 Å². The van der Waals surface area contributed by atoms with E-state index < -0.39 is 10.0 Å². The number of aromatic nitrogens is 1. The molecule has 0 atom stereocenters. The Morgan fingerprint density at radius 2 is 2.22 bits per heavy atom. The van der Waals surface area contributed by atoms with E-state index >= 15 is 0 Å². The van der Waals surface area contributed by atoms with Crippen LogP contribution in [0.1, 0.15) is 9.88 Å². The van der Waals surface area contributed by atoms with E-state index in [1.165, 1.54) is 34.1 Å². The molecule has 0 aromatic carbocycles. The number of nitrogens with one attached hydrogen (secondary N) is 1. The lowest BCUT2D eigenvalue weighted by Crippen LogP contribution is -2.25. The number of aliphatic hydroxyl groups excluding tert-OH is 1. The predicted molar refractivity (Wildman–Crippen MR) is 71.2 cm³/mol. The van der Waals surface area contributed by atoms with Crippen LogP contribution in [0.4, 0.5) is 0 Å². The van der Waals surface area contributed by atoms with Gasteiger partial charge in [-0.15, -0.1) is 22.7 Å². The largest absolute Gasteiger partial charge is 0.391 e. The number of hydrogen-bond acceptors (Lipinski definition) is 6. The Kier molecular flexibility index (Phi) is 4.46. The third-order valence-electron chi connectivity index (χ3n) is 2.21. The van der Waals surface area contributed by atoms with Gasteiger partial charge in [0.15, 0.2) is 0 Å². The number of sulfonamides is 1. The summed E-state index contributed by atoms with van der Waals surface area (Å²) in [5, 5.41) is 13.2. The Bertz CT molecular complexity index is 590. The van der Waals surface area contributed by atoms with Gasteiger partial charge < -0.3 is 5.11 Å². The molecule has 0 bridgehead atoms. The number of thiophene rings is 1. The molecule has 0 amide bonds. The van der Waals surface area contributed by atoms with Gasteiger partial charge in [0.2, 0.25) is 10.0 Å². The Hall–Kier alpha value is -0.800. The predicted octanol–water partition coefficient (Wildman–Crippen LogP) is 1.22. The first kappa shape index (κ1) is 13.6. The second-order valence-electron chi connectivity index (χ2n) is 3.48. The maximum Gasteiger partial charge on any atom is 0.241 e. The first-order valence-electron chi connectivity index (χ1n) is 5.18. The molecule has 2 aromatic rings. The molecule has 0 fully saturated rings. The molecule has 5 nitrogen and oxygen atoms in total. The smallest absolute Gasteiger partial charge is 0.241 e. The highest BCUT2D eigenvalue weighted by Crippen LogP contribution is 2.18. The van der Waals surface area contributed by atoms with Gasteiger partial charge >= 0.3 is 0 Å². The van der Waals surface area contributed by atoms with Crippen molar-refractivity contribution in [3.05, 3.63) is 32.9 Å². The molecule has 0 aliphatic heterocycles. The highest BCUT2D eigenvalue weighted by atomic mass is 32.2. The van der Waals surface area contributed by atoms with Crippen LogP contribution in [0.25, 0.3) is 0 Å². The molecular weight excluding hydrogens is 292 g/mol. The third kappa shape index (κ3) is 3.36. The van der Waals surface area contributed by atoms with Crippen molar-refractivity contribution in [2.45, 2.75) is 17.9 Å². The lowest BCUT2D eigenvalue weighted by Gasteiger charge is -2.03. The second-order valence-corrected chi connectivity index (χ2v) is 7.22. The van der Waals surface area contributed by atoms with Crippen LogP contribution in [0.15, 0.2) is 27.9 Å². The number of thiazole rings is 1. The summed E-state index contributed by atoms with van der Waals surface area (Å²) in [5.74, 6) is 0. The zero-order valence-electron chi connectivity index (χ0n) is 9.37. The summed E-state index contributed by atoms with van der Waals surface area (Å²) in [5.41, 5.74) is 0. The van der Waals surface area contributed by atoms with Gasteiger partial charge in [-0.05, 0) is 6.07 Å². The van der Waals surface area contributed by atoms with E-state index in [9.17, 15) is 8.42 Å². The van der Waals surface area contributed by atoms with Crippen LogP contribution < -0.4 is 4.72 Å². The minimum Gasteiger partial charge on any atom is -0.391 e. The Labute approximate surface area is 113 Å². The van der Waals surface area contributed by atoms with Crippen molar-refractivity contribution >= 4 is 32.7 Å². The molecule has 2 aromatic heterocycles. The summed E-state index contributed by atoms with van der Waals surface area (Å²) >= 11 is 2.73. The summed E-state index contributed by atoms with van der Waals surface area (Å²) in [7, 11) is -3.48. The minimum absolute atomic E-state index is 0.140. The molecular formula is C10H12N2O3S3. The maximum atomic E-state index is 11.9. The normalized spacial score (nSPS) is 11.8. The van der Waals surface area contributed by atoms with Crippen LogP contribution in [0.2, 0.25) is 0 Å². The molecule has 0 aliphatic carbocycles. The average molecular weight is 304 g/mol. The summed E-state index contributed by atoms with van der Waals surface area (Å²) in [6.07, 6.45) is 2.27. The highest BCUT2D eigenvalue weighted by Gasteiger charge is 2.15. The molecule has 0 spiro atoms. The van der Waals surface area contributed by atoms with Crippen LogP contribution in [0.5, 0.6) is 0 Å². The maximum absolute atomic E-state index is 11.9. The zero-order valence-corrected chi connectivity index (χ0v) is 11.8. The fourth-order valence-electron chi connectivity index (χ4n) is 1.34. The van der Waals surface area contributed by atoms with Gasteiger partial charge in [-0.2, -0.15) is 0 Å². The molecule has 0 saturated carbocycles. The molecule has 0 unspecified atom stereocenters. The fraction of sp³-hybridized carbons (Fsp3) is 0.300.